The van der Waals surface area contributed by atoms with Gasteiger partial charge in [0.25, 0.3) is 10.1 Å². The van der Waals surface area contributed by atoms with Crippen molar-refractivity contribution in [2.45, 2.75) is 242 Å². The predicted octanol–water partition coefficient (Wildman–Crippen LogP) is 17.0. The van der Waals surface area contributed by atoms with Crippen LogP contribution in [0.5, 0.6) is 0 Å². The first kappa shape index (κ1) is 75.7. The predicted molar refractivity (Wildman–Crippen MR) is 349 cm³/mol. The fraction of sp³-hybridized carbons (Fsp3) is 0.859. The largest absolute Gasteiger partial charge is 1.00 e. The second kappa shape index (κ2) is 36.4. The summed E-state index contributed by atoms with van der Waals surface area (Å²) in [6, 6.07) is 6.68. The van der Waals surface area contributed by atoms with E-state index >= 15 is 0 Å². The summed E-state index contributed by atoms with van der Waals surface area (Å²) in [5, 5.41) is 3.51. The number of nitrogens with zero attached hydrogens (tertiary/aromatic N) is 6. The molecule has 0 unspecified atom stereocenters. The molecule has 8 aliphatic rings. The van der Waals surface area contributed by atoms with E-state index < -0.39 is 17.3 Å². The van der Waals surface area contributed by atoms with Crippen LogP contribution in [0.1, 0.15) is 225 Å². The number of allylic oxidation sites excluding steroid dienone is 2. The van der Waals surface area contributed by atoms with Crippen molar-refractivity contribution in [1.82, 2.24) is 0 Å². The number of azide groups is 1. The Bertz CT molecular complexity index is 2500. The molecule has 0 aromatic heterocycles. The molecule has 0 bridgehead atoms. The van der Waals surface area contributed by atoms with E-state index in [0.717, 1.165) is 95.8 Å². The molecule has 9 rings (SSSR count). The molecule has 16 heteroatoms. The van der Waals surface area contributed by atoms with Gasteiger partial charge < -0.3 is 30.0 Å². The number of rotatable bonds is 26. The zero-order valence-electron chi connectivity index (χ0n) is 56.8. The van der Waals surface area contributed by atoms with Gasteiger partial charge in [0.1, 0.15) is 0 Å². The Morgan fingerprint density at radius 1 is 0.621 bits per heavy atom. The number of ether oxygens (including phenoxy) is 4. The standard InChI is InChI=1S/C38H60O5S.C31H53N3O2.CH3F.CH4.N3.Na/c1-27(2)8-7-9-29(4)34-16-17-35-33-15-12-30-26-31(18-20-37(30,5)36(33)19-21-38(34,35)6)42-24-22-41-23-25-43-44(39,40)32-13-10-28(3)11-14-32;1-22(2)7-6-8-23(3)27-11-12-28-26-10-9-24-21-25(36-20-19-35-18-17-33-34-32)13-15-30(24,4)29(26)14-16-31(27,28)5;1-2;;1-3-2;/h10-14,27,29,31,33-36H,7-9,15-26H2,1-6H3;9,22-23,25-29H,6-8,10-21H2,1-5H3;1H3;1H4;;/q;;;;-1;+1/t29-,31+,33+,34-,35+,36+,37+,38-;23-,25+,26+,27-,28+,29+,30+,31-;;;;/m11..../s1/i;;1D;;;. The van der Waals surface area contributed by atoms with E-state index in [4.69, 9.17) is 41.1 Å². The number of aryl methyl sites for hydroxylation is 1. The maximum Gasteiger partial charge on any atom is 1.00 e. The molecule has 1 aromatic rings. The van der Waals surface area contributed by atoms with Crippen molar-refractivity contribution in [3.05, 3.63) is 79.5 Å². The van der Waals surface area contributed by atoms with E-state index in [1.54, 1.807) is 35.4 Å². The van der Waals surface area contributed by atoms with Gasteiger partial charge >= 0.3 is 29.6 Å². The molecule has 0 spiro atoms. The molecular formula is C71H120FN6NaO7S. The number of hydrogen-bond donors (Lipinski definition) is 0. The fourth-order valence-electron chi connectivity index (χ4n) is 19.5. The third-order valence-corrected chi connectivity index (χ3v) is 25.2. The Morgan fingerprint density at radius 2 is 1.05 bits per heavy atom. The molecule has 0 heterocycles. The number of halogens is 1. The van der Waals surface area contributed by atoms with Crippen LogP contribution >= 0.6 is 0 Å². The van der Waals surface area contributed by atoms with Gasteiger partial charge in [0.05, 0.1) is 71.9 Å². The Labute approximate surface area is 552 Å². The molecule has 87 heavy (non-hydrogen) atoms. The number of alkyl halides is 1. The molecule has 1 aromatic carbocycles. The van der Waals surface area contributed by atoms with Gasteiger partial charge in [0.15, 0.2) is 0 Å². The van der Waals surface area contributed by atoms with Gasteiger partial charge in [0.2, 0.25) is 0 Å². The summed E-state index contributed by atoms with van der Waals surface area (Å²) in [5.74, 6) is 10.5. The minimum Gasteiger partial charge on any atom is -0.379 e. The Kier molecular flexibility index (Phi) is 31.7. The molecular weight excluding hydrogens is 1120 g/mol. The molecule has 13 nitrogen and oxygen atoms in total. The number of fused-ring (bicyclic) bond motifs is 10. The molecule has 0 N–H and O–H groups in total. The van der Waals surface area contributed by atoms with Crippen LogP contribution in [0.25, 0.3) is 26.4 Å². The molecule has 0 radical (unpaired) electrons. The second-order valence-electron chi connectivity index (χ2n) is 29.4. The van der Waals surface area contributed by atoms with Gasteiger partial charge in [-0.25, -0.2) is 0 Å². The Hall–Kier alpha value is -2.00. The fourth-order valence-corrected chi connectivity index (χ4v) is 20.4. The first-order valence-electron chi connectivity index (χ1n) is 34.4. The van der Waals surface area contributed by atoms with Crippen molar-refractivity contribution < 1.29 is 66.9 Å². The van der Waals surface area contributed by atoms with Crippen molar-refractivity contribution in [3.63, 3.8) is 0 Å². The topological polar surface area (TPSA) is 188 Å². The van der Waals surface area contributed by atoms with Crippen LogP contribution in [0, 0.1) is 99.6 Å². The van der Waals surface area contributed by atoms with Crippen LogP contribution in [0.4, 0.5) is 4.39 Å². The zero-order valence-corrected chi connectivity index (χ0v) is 58.6. The van der Waals surface area contributed by atoms with Gasteiger partial charge in [-0.05, 0) is 220 Å². The van der Waals surface area contributed by atoms with Gasteiger partial charge in [-0.3, -0.25) is 13.5 Å². The normalized spacial score (nSPS) is 33.6. The maximum absolute atomic E-state index is 12.3. The first-order valence-corrected chi connectivity index (χ1v) is 35.1. The third-order valence-electron chi connectivity index (χ3n) is 23.9. The minimum atomic E-state index is -3.75. The van der Waals surface area contributed by atoms with Crippen LogP contribution in [0.3, 0.4) is 0 Å². The summed E-state index contributed by atoms with van der Waals surface area (Å²) in [4.78, 5) is 4.43. The summed E-state index contributed by atoms with van der Waals surface area (Å²) in [6.45, 7) is 30.4. The average Bonchev–Trinajstić information content (AvgIpc) is 1.74. The van der Waals surface area contributed by atoms with Crippen molar-refractivity contribution >= 4 is 10.1 Å². The smallest absolute Gasteiger partial charge is 0.379 e. The van der Waals surface area contributed by atoms with Crippen molar-refractivity contribution in [3.8, 4) is 0 Å². The number of hydrogen-bond acceptors (Lipinski definition) is 8. The molecule has 16 atom stereocenters. The quantitative estimate of drug-likeness (QED) is 0.0168. The van der Waals surface area contributed by atoms with E-state index in [-0.39, 0.29) is 61.2 Å². The summed E-state index contributed by atoms with van der Waals surface area (Å²) < 4.78 is 69.0. The van der Waals surface area contributed by atoms with E-state index in [1.807, 2.05) is 6.92 Å². The van der Waals surface area contributed by atoms with Crippen molar-refractivity contribution in [2.24, 2.45) is 97.8 Å². The van der Waals surface area contributed by atoms with E-state index in [2.05, 4.69) is 91.4 Å². The van der Waals surface area contributed by atoms with Gasteiger partial charge in [-0.2, -0.15) is 8.42 Å². The molecule has 0 saturated heterocycles. The first-order chi connectivity index (χ1) is 41.1. The molecule has 0 amide bonds. The van der Waals surface area contributed by atoms with Crippen LogP contribution in [0.15, 0.2) is 57.6 Å². The maximum atomic E-state index is 12.3. The van der Waals surface area contributed by atoms with Crippen LogP contribution < -0.4 is 29.6 Å². The summed E-state index contributed by atoms with van der Waals surface area (Å²) >= 11 is 0. The van der Waals surface area contributed by atoms with Crippen molar-refractivity contribution in [2.75, 3.05) is 59.9 Å². The summed E-state index contributed by atoms with van der Waals surface area (Å²) in [6.07, 6.45) is 35.4. The molecule has 6 fully saturated rings. The van der Waals surface area contributed by atoms with Gasteiger partial charge in [-0.15, -0.1) is 0 Å². The molecule has 0 aliphatic heterocycles. The SMILES string of the molecule is C.CC(C)CCC[C@@H](C)[C@H]1CC[C@H]2[C@@H]3CC=C4C[C@@H](OCCOCCN=[N+]=[N-])CC[C@]4(C)[C@H]3CC[C@]12C.Cc1ccc(S(=O)(=O)OCCOCCO[C@H]2CC[C@@]3(C)C(=CC[C@H]4[C@@H]5CC[C@H]([C@H](C)CCCC(C)C)[C@@]5(C)CC[C@@H]43)C2)cc1.[2H]CF.[N-]=[N+]=[N-].[Na+]. The second-order valence-corrected chi connectivity index (χ2v) is 31.0. The van der Waals surface area contributed by atoms with Crippen molar-refractivity contribution in [1.29, 1.82) is 0 Å². The molecule has 6 saturated carbocycles. The minimum absolute atomic E-state index is 0. The van der Waals surface area contributed by atoms with E-state index in [0.29, 0.717) is 67.3 Å². The molecule has 490 valence electrons. The third kappa shape index (κ3) is 19.5. The van der Waals surface area contributed by atoms with Gasteiger partial charge in [-0.1, -0.05) is 161 Å². The average molecular weight is 1240 g/mol. The zero-order chi connectivity index (χ0) is 62.7. The number of benzene rings is 1. The van der Waals surface area contributed by atoms with Crippen LogP contribution in [0.2, 0.25) is 0 Å². The van der Waals surface area contributed by atoms with Crippen LogP contribution in [-0.4, -0.2) is 80.6 Å². The Balaban J connectivity index is 0.000000344. The van der Waals surface area contributed by atoms with E-state index in [1.165, 1.54) is 127 Å². The van der Waals surface area contributed by atoms with E-state index in [9.17, 15) is 12.8 Å². The monoisotopic (exact) mass is 1240 g/mol. The van der Waals surface area contributed by atoms with Crippen LogP contribution in [-0.2, 0) is 33.2 Å². The molecule has 8 aliphatic carbocycles. The summed E-state index contributed by atoms with van der Waals surface area (Å²) in [5.41, 5.74) is 28.0. The summed E-state index contributed by atoms with van der Waals surface area (Å²) in [7, 11) is -4.75. The Morgan fingerprint density at radius 3 is 1.47 bits per heavy atom. The van der Waals surface area contributed by atoms with Gasteiger partial charge in [0, 0.05) is 11.5 Å².